The van der Waals surface area contributed by atoms with E-state index in [9.17, 15) is 38.4 Å². The molecule has 3 aromatic heterocycles. The summed E-state index contributed by atoms with van der Waals surface area (Å²) in [6.07, 6.45) is -8.77. The third kappa shape index (κ3) is 9.95. The molecule has 5 aromatic rings. The van der Waals surface area contributed by atoms with E-state index in [1.165, 1.54) is 65.8 Å². The third-order valence-electron chi connectivity index (χ3n) is 8.88. The van der Waals surface area contributed by atoms with Crippen LogP contribution in [-0.2, 0) is 37.9 Å². The number of imidazole rings is 1. The van der Waals surface area contributed by atoms with Crippen LogP contribution in [0.5, 0.6) is 11.5 Å². The lowest BCUT2D eigenvalue weighted by molar-refractivity contribution is -0.0527. The molecular formula is C33H33F2N7O14P2S. The first-order valence-corrected chi connectivity index (χ1v) is 21.9. The van der Waals surface area contributed by atoms with Gasteiger partial charge in [-0.2, -0.15) is 0 Å². The number of nitrogens with two attached hydrogens (primary N) is 1. The maximum atomic E-state index is 16.2. The molecule has 8 atom stereocenters. The van der Waals surface area contributed by atoms with E-state index >= 15 is 8.78 Å². The fourth-order valence-corrected chi connectivity index (χ4v) is 9.78. The highest BCUT2D eigenvalue weighted by atomic mass is 32.7. The molecule has 2 unspecified atom stereocenters. The van der Waals surface area contributed by atoms with Crippen LogP contribution in [0.3, 0.4) is 0 Å². The van der Waals surface area contributed by atoms with E-state index in [2.05, 4.69) is 19.5 Å². The van der Waals surface area contributed by atoms with E-state index in [0.29, 0.717) is 21.5 Å². The molecule has 21 nitrogen and oxygen atoms in total. The van der Waals surface area contributed by atoms with Gasteiger partial charge in [0.15, 0.2) is 30.1 Å². The number of phosphoric acid groups is 1. The average molecular weight is 884 g/mol. The van der Waals surface area contributed by atoms with Crippen LogP contribution in [0.4, 0.5) is 14.6 Å². The number of benzene rings is 2. The maximum Gasteiger partial charge on any atom is 0.469 e. The number of phosphoric ester groups is 1. The number of nitrogen functional groups attached to an aromatic ring is 1. The number of alkyl halides is 2. The van der Waals surface area contributed by atoms with E-state index in [4.69, 9.17) is 29.0 Å². The van der Waals surface area contributed by atoms with Crippen molar-refractivity contribution in [2.45, 2.75) is 55.3 Å². The van der Waals surface area contributed by atoms with Crippen LogP contribution < -0.4 is 21.7 Å². The number of rotatable bonds is 15. The minimum atomic E-state index is -5.14. The molecule has 5 heterocycles. The summed E-state index contributed by atoms with van der Waals surface area (Å²) in [6, 6.07) is 12.2. The number of carbonyl (C=O) groups is 1. The Morgan fingerprint density at radius 3 is 2.42 bits per heavy atom. The second-order valence-corrected chi connectivity index (χ2v) is 18.2. The Morgan fingerprint density at radius 2 is 1.71 bits per heavy atom. The van der Waals surface area contributed by atoms with Crippen LogP contribution in [0.15, 0.2) is 83.0 Å². The Kier molecular flexibility index (Phi) is 12.5. The van der Waals surface area contributed by atoms with Crippen molar-refractivity contribution < 1.29 is 65.4 Å². The number of aromatic hydroxyl groups is 1. The van der Waals surface area contributed by atoms with Gasteiger partial charge >= 0.3 is 26.3 Å². The second kappa shape index (κ2) is 17.4. The Labute approximate surface area is 333 Å². The molecule has 26 heteroatoms. The van der Waals surface area contributed by atoms with E-state index in [1.807, 2.05) is 4.98 Å². The van der Waals surface area contributed by atoms with Crippen molar-refractivity contribution in [3.8, 4) is 11.5 Å². The summed E-state index contributed by atoms with van der Waals surface area (Å²) in [6.45, 7) is -6.26. The number of halogens is 2. The van der Waals surface area contributed by atoms with Crippen LogP contribution in [0.2, 0.25) is 0 Å². The van der Waals surface area contributed by atoms with Gasteiger partial charge in [-0.15, -0.1) is 0 Å². The molecule has 0 saturated carbocycles. The SMILES string of the molecule is Nc1ncnc2c1ncn2[C@@H]1OC(CO[P@@](=O)(O[C@@H]2[C@H](F)C(COP(=O)(O)O)O[C@H]2n2ccc(=O)[nH]c2=O)SCc2ccc(OC(=O)c3ccc(O)cc3)cc2)C[C@H]1F. The van der Waals surface area contributed by atoms with Gasteiger partial charge in [-0.3, -0.25) is 32.5 Å². The van der Waals surface area contributed by atoms with Gasteiger partial charge in [-0.25, -0.2) is 42.5 Å². The lowest BCUT2D eigenvalue weighted by Gasteiger charge is -2.27. The predicted molar refractivity (Wildman–Crippen MR) is 201 cm³/mol. The maximum absolute atomic E-state index is 16.2. The summed E-state index contributed by atoms with van der Waals surface area (Å²) >= 11 is 0.554. The van der Waals surface area contributed by atoms with Gasteiger partial charge in [-0.05, 0) is 53.3 Å². The molecule has 2 fully saturated rings. The molecule has 2 aliphatic rings. The number of nitrogens with zero attached hydrogens (tertiary/aromatic N) is 5. The summed E-state index contributed by atoms with van der Waals surface area (Å²) in [5.74, 6) is -0.695. The van der Waals surface area contributed by atoms with Crippen LogP contribution >= 0.6 is 26.0 Å². The number of aromatic nitrogens is 6. The summed E-state index contributed by atoms with van der Waals surface area (Å²) < 4.78 is 92.8. The molecule has 0 aliphatic carbocycles. The quantitative estimate of drug-likeness (QED) is 0.0572. The second-order valence-electron chi connectivity index (χ2n) is 13.0. The first-order valence-electron chi connectivity index (χ1n) is 17.3. The summed E-state index contributed by atoms with van der Waals surface area (Å²) in [5, 5.41) is 9.48. The highest BCUT2D eigenvalue weighted by molar-refractivity contribution is 8.54. The topological polar surface area (TPSA) is 292 Å². The van der Waals surface area contributed by atoms with Gasteiger partial charge in [-0.1, -0.05) is 12.1 Å². The first kappa shape index (κ1) is 42.3. The largest absolute Gasteiger partial charge is 0.508 e. The summed E-state index contributed by atoms with van der Waals surface area (Å²) in [4.78, 5) is 69.7. The van der Waals surface area contributed by atoms with Crippen molar-refractivity contribution in [3.63, 3.8) is 0 Å². The van der Waals surface area contributed by atoms with Crippen molar-refractivity contribution in [2.24, 2.45) is 0 Å². The van der Waals surface area contributed by atoms with Crippen LogP contribution in [0.25, 0.3) is 11.2 Å². The van der Waals surface area contributed by atoms with Gasteiger partial charge in [0.05, 0.1) is 31.2 Å². The number of phenolic OH excluding ortho intramolecular Hbond substituents is 1. The van der Waals surface area contributed by atoms with Crippen molar-refractivity contribution >= 4 is 49.0 Å². The molecule has 0 spiro atoms. The van der Waals surface area contributed by atoms with E-state index in [1.54, 1.807) is 0 Å². The number of aromatic amines is 1. The summed E-state index contributed by atoms with van der Waals surface area (Å²) in [7, 11) is -5.14. The number of hydrogen-bond acceptors (Lipinski definition) is 17. The highest BCUT2D eigenvalue weighted by Crippen LogP contribution is 2.64. The Balaban J connectivity index is 1.12. The predicted octanol–water partition coefficient (Wildman–Crippen LogP) is 3.30. The molecule has 7 rings (SSSR count). The lowest BCUT2D eigenvalue weighted by atomic mass is 10.1. The Morgan fingerprint density at radius 1 is 0.966 bits per heavy atom. The number of esters is 1. The highest BCUT2D eigenvalue weighted by Gasteiger charge is 2.52. The molecule has 0 bridgehead atoms. The number of hydrogen-bond donors (Lipinski definition) is 5. The minimum Gasteiger partial charge on any atom is -0.508 e. The van der Waals surface area contributed by atoms with Gasteiger partial charge in [0.2, 0.25) is 0 Å². The molecule has 2 aromatic carbocycles. The van der Waals surface area contributed by atoms with Gasteiger partial charge in [0.25, 0.3) is 5.56 Å². The van der Waals surface area contributed by atoms with E-state index in [0.717, 1.165) is 12.3 Å². The number of carbonyl (C=O) groups excluding carboxylic acids is 1. The molecule has 59 heavy (non-hydrogen) atoms. The molecule has 0 radical (unpaired) electrons. The zero-order chi connectivity index (χ0) is 42.1. The van der Waals surface area contributed by atoms with Gasteiger partial charge < -0.3 is 34.8 Å². The van der Waals surface area contributed by atoms with Crippen LogP contribution in [-0.4, -0.2) is 93.8 Å². The smallest absolute Gasteiger partial charge is 0.469 e. The Hall–Kier alpha value is -4.87. The standard InChI is InChI=1S/C33H33F2N7O14P2S/c34-22-11-21(53-30(22)42-16-39-26-28(36)37-15-38-29(26)42)12-52-58(50,59-14-17-1-7-20(8-2-17)54-32(45)18-3-5-19(43)6-4-18)56-27-25(35)23(13-51-57(47,48)49)55-31(27)41-10-9-24(44)40-33(41)46/h1-10,15-16,21-23,25,27,30-31,43H,11-14H2,(H2,36,37,38)(H,40,44,46)(H2,47,48,49)/t21?,22-,23?,25-,27-,30-,31-,58+/m1/s1. The van der Waals surface area contributed by atoms with Crippen molar-refractivity contribution in [3.05, 3.63) is 105 Å². The number of ether oxygens (including phenoxy) is 3. The zero-order valence-corrected chi connectivity index (χ0v) is 32.6. The van der Waals surface area contributed by atoms with Gasteiger partial charge in [0, 0.05) is 24.4 Å². The number of anilines is 1. The molecule has 314 valence electrons. The number of H-pyrrole nitrogens is 1. The number of fused-ring (bicyclic) bond motifs is 1. The summed E-state index contributed by atoms with van der Waals surface area (Å²) in [5.41, 5.74) is 5.01. The number of nitrogens with one attached hydrogen (secondary N) is 1. The fraction of sp³-hybridized carbons (Fsp3) is 0.333. The minimum absolute atomic E-state index is 0.0398. The lowest BCUT2D eigenvalue weighted by Crippen LogP contribution is -2.37. The van der Waals surface area contributed by atoms with Crippen molar-refractivity contribution in [2.75, 3.05) is 18.9 Å². The molecule has 6 N–H and O–H groups in total. The van der Waals surface area contributed by atoms with E-state index in [-0.39, 0.29) is 46.2 Å². The van der Waals surface area contributed by atoms with Gasteiger partial charge in [0.1, 0.15) is 41.7 Å². The van der Waals surface area contributed by atoms with Crippen LogP contribution in [0, 0.1) is 0 Å². The molecule has 2 aliphatic heterocycles. The monoisotopic (exact) mass is 883 g/mol. The van der Waals surface area contributed by atoms with E-state index < -0.39 is 88.2 Å². The number of phenols is 1. The molecular weight excluding hydrogens is 850 g/mol. The van der Waals surface area contributed by atoms with Crippen molar-refractivity contribution in [1.29, 1.82) is 0 Å². The fourth-order valence-electron chi connectivity index (χ4n) is 6.07. The molecule has 2 saturated heterocycles. The normalized spacial score (nSPS) is 24.3. The van der Waals surface area contributed by atoms with Crippen LogP contribution in [0.1, 0.15) is 34.8 Å². The van der Waals surface area contributed by atoms with Crippen molar-refractivity contribution in [1.82, 2.24) is 29.1 Å². The zero-order valence-electron chi connectivity index (χ0n) is 30.0. The molecule has 0 amide bonds. The first-order chi connectivity index (χ1) is 28.1. The Bertz CT molecular complexity index is 2530. The average Bonchev–Trinajstić information content (AvgIpc) is 3.88. The third-order valence-corrected chi connectivity index (χ3v) is 13.0.